The third-order valence-corrected chi connectivity index (χ3v) is 2.48. The van der Waals surface area contributed by atoms with Crippen LogP contribution >= 0.6 is 11.6 Å². The quantitative estimate of drug-likeness (QED) is 0.486. The van der Waals surface area contributed by atoms with Crippen molar-refractivity contribution in [2.45, 2.75) is 0 Å². The van der Waals surface area contributed by atoms with Gasteiger partial charge in [0.25, 0.3) is 0 Å². The van der Waals surface area contributed by atoms with Gasteiger partial charge in [-0.2, -0.15) is 4.98 Å². The van der Waals surface area contributed by atoms with Crippen LogP contribution in [-0.2, 0) is 0 Å². The lowest BCUT2D eigenvalue weighted by Crippen LogP contribution is -1.99. The first-order valence-corrected chi connectivity index (χ1v) is 5.47. The van der Waals surface area contributed by atoms with Gasteiger partial charge in [-0.15, -0.1) is 0 Å². The monoisotopic (exact) mass is 281 g/mol. The van der Waals surface area contributed by atoms with Gasteiger partial charge in [-0.1, -0.05) is 23.7 Å². The Morgan fingerprint density at radius 1 is 1.26 bits per heavy atom. The highest BCUT2D eigenvalue weighted by molar-refractivity contribution is 6.31. The summed E-state index contributed by atoms with van der Waals surface area (Å²) in [5.74, 6) is 0.476. The maximum Gasteiger partial charge on any atom is 0.368 e. The molecule has 0 amide bonds. The highest BCUT2D eigenvalue weighted by Crippen LogP contribution is 2.36. The Morgan fingerprint density at radius 2 is 1.95 bits per heavy atom. The van der Waals surface area contributed by atoms with Crippen LogP contribution in [-0.4, -0.2) is 22.0 Å². The predicted molar refractivity (Wildman–Crippen MR) is 66.8 cm³/mol. The fourth-order valence-corrected chi connectivity index (χ4v) is 1.57. The van der Waals surface area contributed by atoms with Crippen LogP contribution in [0.15, 0.2) is 30.6 Å². The largest absolute Gasteiger partial charge is 0.493 e. The van der Waals surface area contributed by atoms with E-state index in [-0.39, 0.29) is 11.0 Å². The lowest BCUT2D eigenvalue weighted by molar-refractivity contribution is -0.386. The van der Waals surface area contributed by atoms with E-state index in [2.05, 4.69) is 9.97 Å². The zero-order valence-corrected chi connectivity index (χ0v) is 10.5. The van der Waals surface area contributed by atoms with E-state index in [9.17, 15) is 10.1 Å². The molecule has 0 aliphatic carbocycles. The molecule has 1 aromatic heterocycles. The van der Waals surface area contributed by atoms with Crippen molar-refractivity contribution in [3.8, 4) is 17.4 Å². The second kappa shape index (κ2) is 5.49. The van der Waals surface area contributed by atoms with Gasteiger partial charge in [0.1, 0.15) is 6.33 Å². The van der Waals surface area contributed by atoms with E-state index in [1.807, 2.05) is 0 Å². The van der Waals surface area contributed by atoms with Crippen molar-refractivity contribution in [1.29, 1.82) is 0 Å². The van der Waals surface area contributed by atoms with Crippen LogP contribution < -0.4 is 9.47 Å². The van der Waals surface area contributed by atoms with Crippen LogP contribution in [0.1, 0.15) is 0 Å². The summed E-state index contributed by atoms with van der Waals surface area (Å²) < 4.78 is 10.4. The summed E-state index contributed by atoms with van der Waals surface area (Å²) in [4.78, 5) is 17.5. The van der Waals surface area contributed by atoms with Crippen LogP contribution in [0.25, 0.3) is 0 Å². The van der Waals surface area contributed by atoms with Gasteiger partial charge in [0.05, 0.1) is 12.0 Å². The number of nitrogens with zero attached hydrogens (tertiary/aromatic N) is 3. The molecule has 0 aliphatic heterocycles. The molecule has 0 atom stereocenters. The standard InChI is InChI=1S/C11H8ClN3O4/c1-18-7-4-2-3-5-8(7)19-11-9(15(16)17)10(12)13-6-14-11/h2-6H,1H3. The first-order valence-electron chi connectivity index (χ1n) is 5.09. The van der Waals surface area contributed by atoms with Crippen molar-refractivity contribution >= 4 is 17.3 Å². The summed E-state index contributed by atoms with van der Waals surface area (Å²) in [6.45, 7) is 0. The predicted octanol–water partition coefficient (Wildman–Crippen LogP) is 2.84. The third kappa shape index (κ3) is 2.71. The lowest BCUT2D eigenvalue weighted by atomic mass is 10.3. The Balaban J connectivity index is 2.44. The summed E-state index contributed by atoms with van der Waals surface area (Å²) in [6, 6.07) is 6.70. The highest BCUT2D eigenvalue weighted by Gasteiger charge is 2.24. The van der Waals surface area contributed by atoms with Gasteiger partial charge >= 0.3 is 11.6 Å². The summed E-state index contributed by atoms with van der Waals surface area (Å²) in [6.07, 6.45) is 1.08. The van der Waals surface area contributed by atoms with E-state index < -0.39 is 10.6 Å². The highest BCUT2D eigenvalue weighted by atomic mass is 35.5. The molecule has 8 heteroatoms. The fourth-order valence-electron chi connectivity index (χ4n) is 1.38. The molecule has 0 unspecified atom stereocenters. The summed E-state index contributed by atoms with van der Waals surface area (Å²) in [5.41, 5.74) is -0.491. The van der Waals surface area contributed by atoms with Crippen LogP contribution in [0.4, 0.5) is 5.69 Å². The van der Waals surface area contributed by atoms with Gasteiger partial charge in [-0.25, -0.2) is 4.98 Å². The topological polar surface area (TPSA) is 87.4 Å². The van der Waals surface area contributed by atoms with Crippen LogP contribution in [0.5, 0.6) is 17.4 Å². The van der Waals surface area contributed by atoms with Crippen LogP contribution in [0.2, 0.25) is 5.15 Å². The molecule has 0 radical (unpaired) electrons. The van der Waals surface area contributed by atoms with Crippen molar-refractivity contribution in [2.75, 3.05) is 7.11 Å². The average molecular weight is 282 g/mol. The summed E-state index contributed by atoms with van der Waals surface area (Å²) in [5, 5.41) is 10.6. The van der Waals surface area contributed by atoms with Gasteiger partial charge < -0.3 is 9.47 Å². The molecule has 19 heavy (non-hydrogen) atoms. The normalized spacial score (nSPS) is 10.0. The molecule has 0 saturated carbocycles. The number of methoxy groups -OCH3 is 1. The number of aromatic nitrogens is 2. The second-order valence-corrected chi connectivity index (χ2v) is 3.69. The number of nitro groups is 1. The summed E-state index contributed by atoms with van der Waals surface area (Å²) in [7, 11) is 1.46. The van der Waals surface area contributed by atoms with Crippen molar-refractivity contribution in [3.05, 3.63) is 45.9 Å². The minimum Gasteiger partial charge on any atom is -0.493 e. The second-order valence-electron chi connectivity index (χ2n) is 3.33. The Hall–Kier alpha value is -2.41. The molecule has 0 fully saturated rings. The van der Waals surface area contributed by atoms with E-state index in [0.29, 0.717) is 11.5 Å². The van der Waals surface area contributed by atoms with E-state index in [4.69, 9.17) is 21.1 Å². The van der Waals surface area contributed by atoms with Gasteiger partial charge in [0.2, 0.25) is 5.15 Å². The molecule has 2 aromatic rings. The van der Waals surface area contributed by atoms with Crippen LogP contribution in [0, 0.1) is 10.1 Å². The third-order valence-electron chi connectivity index (χ3n) is 2.20. The van der Waals surface area contributed by atoms with Crippen molar-refractivity contribution in [1.82, 2.24) is 9.97 Å². The molecule has 0 spiro atoms. The Morgan fingerprint density at radius 3 is 2.58 bits per heavy atom. The number of ether oxygens (including phenoxy) is 2. The molecule has 2 rings (SSSR count). The van der Waals surface area contributed by atoms with E-state index in [0.717, 1.165) is 6.33 Å². The fraction of sp³-hybridized carbons (Fsp3) is 0.0909. The number of rotatable bonds is 4. The Bertz CT molecular complexity index is 621. The first-order chi connectivity index (χ1) is 9.13. The van der Waals surface area contributed by atoms with E-state index >= 15 is 0 Å². The molecular formula is C11H8ClN3O4. The molecular weight excluding hydrogens is 274 g/mol. The Kier molecular flexibility index (Phi) is 3.76. The van der Waals surface area contributed by atoms with Crippen molar-refractivity contribution in [2.24, 2.45) is 0 Å². The number of benzene rings is 1. The summed E-state index contributed by atoms with van der Waals surface area (Å²) >= 11 is 5.66. The number of hydrogen-bond acceptors (Lipinski definition) is 6. The molecule has 0 aliphatic rings. The number of para-hydroxylation sites is 2. The van der Waals surface area contributed by atoms with Gasteiger partial charge in [0, 0.05) is 0 Å². The minimum atomic E-state index is -0.701. The molecule has 1 heterocycles. The maximum atomic E-state index is 10.9. The van der Waals surface area contributed by atoms with Gasteiger partial charge in [-0.05, 0) is 12.1 Å². The van der Waals surface area contributed by atoms with Gasteiger partial charge in [-0.3, -0.25) is 10.1 Å². The zero-order chi connectivity index (χ0) is 13.8. The van der Waals surface area contributed by atoms with E-state index in [1.165, 1.54) is 7.11 Å². The lowest BCUT2D eigenvalue weighted by Gasteiger charge is -2.09. The molecule has 0 saturated heterocycles. The maximum absolute atomic E-state index is 10.9. The SMILES string of the molecule is COc1ccccc1Oc1ncnc(Cl)c1[N+](=O)[O-]. The molecule has 7 nitrogen and oxygen atoms in total. The molecule has 98 valence electrons. The molecule has 0 N–H and O–H groups in total. The first kappa shape index (κ1) is 13.0. The van der Waals surface area contributed by atoms with Crippen LogP contribution in [0.3, 0.4) is 0 Å². The van der Waals surface area contributed by atoms with Gasteiger partial charge in [0.15, 0.2) is 11.5 Å². The van der Waals surface area contributed by atoms with Crippen molar-refractivity contribution < 1.29 is 14.4 Å². The van der Waals surface area contributed by atoms with E-state index in [1.54, 1.807) is 24.3 Å². The van der Waals surface area contributed by atoms with Crippen molar-refractivity contribution in [3.63, 3.8) is 0 Å². The molecule has 1 aromatic carbocycles. The molecule has 0 bridgehead atoms. The smallest absolute Gasteiger partial charge is 0.368 e. The number of hydrogen-bond donors (Lipinski definition) is 0. The minimum absolute atomic E-state index is 0.241. The Labute approximate surface area is 112 Å². The number of halogens is 1. The zero-order valence-electron chi connectivity index (χ0n) is 9.74. The average Bonchev–Trinajstić information content (AvgIpc) is 2.39.